The van der Waals surface area contributed by atoms with Crippen molar-refractivity contribution in [1.29, 1.82) is 0 Å². The summed E-state index contributed by atoms with van der Waals surface area (Å²) in [5.41, 5.74) is 3.49. The van der Waals surface area contributed by atoms with Gasteiger partial charge in [-0.3, -0.25) is 4.79 Å². The molecule has 0 aliphatic heterocycles. The molecule has 2 N–H and O–H groups in total. The summed E-state index contributed by atoms with van der Waals surface area (Å²) in [5.74, 6) is 1.30. The second-order valence-corrected chi connectivity index (χ2v) is 5.44. The fourth-order valence-electron chi connectivity index (χ4n) is 2.41. The molecule has 3 rings (SSSR count). The second kappa shape index (κ2) is 6.91. The topological polar surface area (TPSA) is 66.9 Å². The molecular formula is C19H18N4O. The number of aryl methyl sites for hydroxylation is 1. The Morgan fingerprint density at radius 2 is 1.67 bits per heavy atom. The Labute approximate surface area is 140 Å². The zero-order valence-corrected chi connectivity index (χ0v) is 13.6. The normalized spacial score (nSPS) is 10.2. The molecule has 0 unspecified atom stereocenters. The van der Waals surface area contributed by atoms with Crippen LogP contribution in [0.1, 0.15) is 12.7 Å². The van der Waals surface area contributed by atoms with E-state index < -0.39 is 0 Å². The minimum absolute atomic E-state index is 0.101. The van der Waals surface area contributed by atoms with Crippen LogP contribution < -0.4 is 10.6 Å². The van der Waals surface area contributed by atoms with Gasteiger partial charge in [-0.25, -0.2) is 9.97 Å². The third kappa shape index (κ3) is 3.95. The molecule has 0 aliphatic rings. The lowest BCUT2D eigenvalue weighted by atomic mass is 10.1. The van der Waals surface area contributed by atoms with Crippen molar-refractivity contribution in [2.24, 2.45) is 0 Å². The molecule has 0 aliphatic carbocycles. The zero-order chi connectivity index (χ0) is 16.9. The summed E-state index contributed by atoms with van der Waals surface area (Å²) in [5, 5.41) is 6.03. The number of nitrogens with zero attached hydrogens (tertiary/aromatic N) is 2. The molecule has 2 aromatic carbocycles. The largest absolute Gasteiger partial charge is 0.340 e. The van der Waals surface area contributed by atoms with Gasteiger partial charge in [0.05, 0.1) is 5.69 Å². The highest BCUT2D eigenvalue weighted by Gasteiger charge is 2.05. The number of aromatic nitrogens is 2. The SMILES string of the molecule is CC(=O)Nc1cccc(Nc2cc(-c3ccccc3)nc(C)n2)c1. The number of hydrogen-bond acceptors (Lipinski definition) is 4. The first-order valence-corrected chi connectivity index (χ1v) is 7.66. The Morgan fingerprint density at radius 1 is 0.917 bits per heavy atom. The van der Waals surface area contributed by atoms with Crippen molar-refractivity contribution in [2.45, 2.75) is 13.8 Å². The van der Waals surface area contributed by atoms with Gasteiger partial charge in [0, 0.05) is 29.9 Å². The number of anilines is 3. The summed E-state index contributed by atoms with van der Waals surface area (Å²) >= 11 is 0. The van der Waals surface area contributed by atoms with Crippen molar-refractivity contribution in [3.63, 3.8) is 0 Å². The lowest BCUT2D eigenvalue weighted by Gasteiger charge is -2.10. The van der Waals surface area contributed by atoms with Crippen molar-refractivity contribution in [2.75, 3.05) is 10.6 Å². The van der Waals surface area contributed by atoms with E-state index in [-0.39, 0.29) is 5.91 Å². The first-order chi connectivity index (χ1) is 11.6. The fraction of sp³-hybridized carbons (Fsp3) is 0.105. The number of carbonyl (C=O) groups excluding carboxylic acids is 1. The van der Waals surface area contributed by atoms with Crippen LogP contribution in [0.4, 0.5) is 17.2 Å². The molecule has 1 heterocycles. The molecule has 0 saturated heterocycles. The van der Waals surface area contributed by atoms with Gasteiger partial charge in [-0.15, -0.1) is 0 Å². The molecule has 0 radical (unpaired) electrons. The van der Waals surface area contributed by atoms with E-state index in [1.807, 2.05) is 67.6 Å². The van der Waals surface area contributed by atoms with Gasteiger partial charge in [0.1, 0.15) is 11.6 Å². The zero-order valence-electron chi connectivity index (χ0n) is 13.6. The molecule has 0 atom stereocenters. The molecule has 24 heavy (non-hydrogen) atoms. The maximum atomic E-state index is 11.2. The highest BCUT2D eigenvalue weighted by Crippen LogP contribution is 2.23. The van der Waals surface area contributed by atoms with Crippen molar-refractivity contribution < 1.29 is 4.79 Å². The van der Waals surface area contributed by atoms with E-state index in [0.29, 0.717) is 11.6 Å². The number of nitrogens with one attached hydrogen (secondary N) is 2. The summed E-state index contributed by atoms with van der Waals surface area (Å²) in [4.78, 5) is 20.1. The molecule has 1 aromatic heterocycles. The fourth-order valence-corrected chi connectivity index (χ4v) is 2.41. The summed E-state index contributed by atoms with van der Waals surface area (Å²) in [7, 11) is 0. The van der Waals surface area contributed by atoms with Crippen molar-refractivity contribution in [3.05, 3.63) is 66.5 Å². The average Bonchev–Trinajstić information content (AvgIpc) is 2.55. The Bertz CT molecular complexity index is 862. The van der Waals surface area contributed by atoms with Crippen molar-refractivity contribution >= 4 is 23.1 Å². The van der Waals surface area contributed by atoms with E-state index in [2.05, 4.69) is 20.6 Å². The van der Waals surface area contributed by atoms with Gasteiger partial charge in [0.15, 0.2) is 0 Å². The van der Waals surface area contributed by atoms with Crippen LogP contribution in [0.5, 0.6) is 0 Å². The van der Waals surface area contributed by atoms with Gasteiger partial charge >= 0.3 is 0 Å². The monoisotopic (exact) mass is 318 g/mol. The number of benzene rings is 2. The minimum Gasteiger partial charge on any atom is -0.340 e. The van der Waals surface area contributed by atoms with Gasteiger partial charge in [0.25, 0.3) is 0 Å². The quantitative estimate of drug-likeness (QED) is 0.758. The van der Waals surface area contributed by atoms with Gasteiger partial charge < -0.3 is 10.6 Å². The third-order valence-electron chi connectivity index (χ3n) is 3.36. The number of hydrogen-bond donors (Lipinski definition) is 2. The maximum Gasteiger partial charge on any atom is 0.221 e. The predicted molar refractivity (Wildman–Crippen MR) is 96.2 cm³/mol. The third-order valence-corrected chi connectivity index (χ3v) is 3.36. The highest BCUT2D eigenvalue weighted by atomic mass is 16.1. The van der Waals surface area contributed by atoms with Gasteiger partial charge in [-0.05, 0) is 25.1 Å². The molecule has 1 amide bonds. The minimum atomic E-state index is -0.101. The molecule has 0 bridgehead atoms. The molecule has 0 saturated carbocycles. The molecule has 5 nitrogen and oxygen atoms in total. The van der Waals surface area contributed by atoms with Crippen LogP contribution in [-0.2, 0) is 4.79 Å². The molecule has 120 valence electrons. The van der Waals surface area contributed by atoms with Crippen LogP contribution in [0.15, 0.2) is 60.7 Å². The highest BCUT2D eigenvalue weighted by molar-refractivity contribution is 5.89. The van der Waals surface area contributed by atoms with E-state index >= 15 is 0 Å². The molecule has 3 aromatic rings. The van der Waals surface area contributed by atoms with Crippen LogP contribution in [-0.4, -0.2) is 15.9 Å². The standard InChI is InChI=1S/C19H18N4O/c1-13-20-18(15-7-4-3-5-8-15)12-19(21-13)23-17-10-6-9-16(11-17)22-14(2)24/h3-12H,1-2H3,(H,22,24)(H,20,21,23). The molecule has 5 heteroatoms. The molecular weight excluding hydrogens is 300 g/mol. The first kappa shape index (κ1) is 15.7. The van der Waals surface area contributed by atoms with Crippen LogP contribution in [0, 0.1) is 6.92 Å². The van der Waals surface area contributed by atoms with Crippen LogP contribution in [0.3, 0.4) is 0 Å². The average molecular weight is 318 g/mol. The second-order valence-electron chi connectivity index (χ2n) is 5.44. The van der Waals surface area contributed by atoms with Gasteiger partial charge in [-0.2, -0.15) is 0 Å². The van der Waals surface area contributed by atoms with E-state index in [1.54, 1.807) is 0 Å². The first-order valence-electron chi connectivity index (χ1n) is 7.66. The Morgan fingerprint density at radius 3 is 2.42 bits per heavy atom. The Kier molecular flexibility index (Phi) is 4.52. The van der Waals surface area contributed by atoms with E-state index in [9.17, 15) is 4.79 Å². The van der Waals surface area contributed by atoms with Gasteiger partial charge in [0.2, 0.25) is 5.91 Å². The maximum absolute atomic E-state index is 11.2. The van der Waals surface area contributed by atoms with E-state index in [4.69, 9.17) is 0 Å². The summed E-state index contributed by atoms with van der Waals surface area (Å²) in [6.45, 7) is 3.35. The van der Waals surface area contributed by atoms with Crippen LogP contribution in [0.2, 0.25) is 0 Å². The number of carbonyl (C=O) groups is 1. The van der Waals surface area contributed by atoms with Crippen molar-refractivity contribution in [3.8, 4) is 11.3 Å². The summed E-state index contributed by atoms with van der Waals surface area (Å²) < 4.78 is 0. The smallest absolute Gasteiger partial charge is 0.221 e. The van der Waals surface area contributed by atoms with Crippen molar-refractivity contribution in [1.82, 2.24) is 9.97 Å². The molecule has 0 spiro atoms. The number of amides is 1. The van der Waals surface area contributed by atoms with Crippen LogP contribution >= 0.6 is 0 Å². The summed E-state index contributed by atoms with van der Waals surface area (Å²) in [6.07, 6.45) is 0. The van der Waals surface area contributed by atoms with E-state index in [0.717, 1.165) is 22.6 Å². The van der Waals surface area contributed by atoms with Gasteiger partial charge in [-0.1, -0.05) is 36.4 Å². The van der Waals surface area contributed by atoms with E-state index in [1.165, 1.54) is 6.92 Å². The lowest BCUT2D eigenvalue weighted by Crippen LogP contribution is -2.06. The molecule has 0 fully saturated rings. The predicted octanol–water partition coefficient (Wildman–Crippen LogP) is 4.15. The Balaban J connectivity index is 1.88. The lowest BCUT2D eigenvalue weighted by molar-refractivity contribution is -0.114. The number of rotatable bonds is 4. The summed E-state index contributed by atoms with van der Waals surface area (Å²) in [6, 6.07) is 19.4. The Hall–Kier alpha value is -3.21. The van der Waals surface area contributed by atoms with Crippen LogP contribution in [0.25, 0.3) is 11.3 Å².